The largest absolute Gasteiger partial charge is 0.314 e. The zero-order valence-corrected chi connectivity index (χ0v) is 20.4. The molecule has 38 heavy (non-hydrogen) atoms. The van der Waals surface area contributed by atoms with E-state index in [9.17, 15) is 19.2 Å². The van der Waals surface area contributed by atoms with Crippen LogP contribution in [0.25, 0.3) is 0 Å². The molecule has 0 aliphatic carbocycles. The molecule has 4 aromatic rings. The molecular formula is C30H24N4O4. The van der Waals surface area contributed by atoms with Crippen LogP contribution in [0.1, 0.15) is 31.8 Å². The number of piperazine rings is 1. The number of benzene rings is 2. The van der Waals surface area contributed by atoms with Crippen LogP contribution in [0.4, 0.5) is 0 Å². The molecule has 8 heteroatoms. The predicted molar refractivity (Wildman–Crippen MR) is 139 cm³/mol. The molecule has 2 aromatic carbocycles. The SMILES string of the molecule is O=C(c1ccncc1)N1C(=O)C(Cc2ccccc2)N(C(=O)c2ccncc2)C(Cc2ccccc2)C1=O. The van der Waals surface area contributed by atoms with Gasteiger partial charge in [0, 0.05) is 48.8 Å². The number of nitrogens with zero attached hydrogens (tertiary/aromatic N) is 4. The highest BCUT2D eigenvalue weighted by Gasteiger charge is 2.51. The van der Waals surface area contributed by atoms with Crippen molar-refractivity contribution >= 4 is 23.6 Å². The summed E-state index contributed by atoms with van der Waals surface area (Å²) in [5.41, 5.74) is 2.04. The molecule has 2 atom stereocenters. The van der Waals surface area contributed by atoms with Gasteiger partial charge in [-0.3, -0.25) is 29.1 Å². The van der Waals surface area contributed by atoms with Gasteiger partial charge < -0.3 is 4.90 Å². The lowest BCUT2D eigenvalue weighted by atomic mass is 9.92. The van der Waals surface area contributed by atoms with E-state index in [1.165, 1.54) is 41.8 Å². The van der Waals surface area contributed by atoms with Gasteiger partial charge in [0.05, 0.1) is 0 Å². The summed E-state index contributed by atoms with van der Waals surface area (Å²) in [6.07, 6.45) is 6.09. The van der Waals surface area contributed by atoms with E-state index in [1.807, 2.05) is 60.7 Å². The van der Waals surface area contributed by atoms with Crippen LogP contribution >= 0.6 is 0 Å². The van der Waals surface area contributed by atoms with Gasteiger partial charge in [-0.15, -0.1) is 0 Å². The first-order valence-electron chi connectivity index (χ1n) is 12.2. The molecule has 0 bridgehead atoms. The molecule has 2 aromatic heterocycles. The van der Waals surface area contributed by atoms with Gasteiger partial charge in [-0.2, -0.15) is 0 Å². The molecule has 1 aliphatic rings. The third-order valence-electron chi connectivity index (χ3n) is 6.52. The summed E-state index contributed by atoms with van der Waals surface area (Å²) in [5, 5.41) is 0. The number of hydrogen-bond acceptors (Lipinski definition) is 6. The number of carbonyl (C=O) groups excluding carboxylic acids is 4. The second kappa shape index (κ2) is 11.0. The number of aromatic nitrogens is 2. The summed E-state index contributed by atoms with van der Waals surface area (Å²) in [5.74, 6) is -2.71. The summed E-state index contributed by atoms with van der Waals surface area (Å²) < 4.78 is 0. The van der Waals surface area contributed by atoms with Crippen LogP contribution in [-0.4, -0.2) is 55.5 Å². The second-order valence-corrected chi connectivity index (χ2v) is 8.91. The number of amides is 4. The van der Waals surface area contributed by atoms with Crippen LogP contribution in [0.5, 0.6) is 0 Å². The minimum absolute atomic E-state index is 0.134. The zero-order valence-electron chi connectivity index (χ0n) is 20.4. The number of pyridine rings is 2. The minimum Gasteiger partial charge on any atom is -0.314 e. The quantitative estimate of drug-likeness (QED) is 0.374. The highest BCUT2D eigenvalue weighted by Crippen LogP contribution is 2.28. The summed E-state index contributed by atoms with van der Waals surface area (Å²) in [6.45, 7) is 0. The summed E-state index contributed by atoms with van der Waals surface area (Å²) >= 11 is 0. The van der Waals surface area contributed by atoms with Crippen LogP contribution in [-0.2, 0) is 22.4 Å². The van der Waals surface area contributed by atoms with Gasteiger partial charge in [-0.25, -0.2) is 4.90 Å². The Hall–Kier alpha value is -4.98. The molecule has 3 heterocycles. The first kappa shape index (κ1) is 24.7. The number of hydrogen-bond donors (Lipinski definition) is 0. The highest BCUT2D eigenvalue weighted by molar-refractivity contribution is 6.21. The monoisotopic (exact) mass is 504 g/mol. The van der Waals surface area contributed by atoms with E-state index in [4.69, 9.17) is 0 Å². The van der Waals surface area contributed by atoms with E-state index in [0.29, 0.717) is 10.5 Å². The Bertz CT molecular complexity index is 1390. The minimum atomic E-state index is -1.09. The average molecular weight is 505 g/mol. The number of rotatable bonds is 6. The van der Waals surface area contributed by atoms with Gasteiger partial charge in [-0.05, 0) is 35.4 Å². The zero-order chi connectivity index (χ0) is 26.5. The van der Waals surface area contributed by atoms with Crippen molar-refractivity contribution in [3.8, 4) is 0 Å². The van der Waals surface area contributed by atoms with E-state index in [-0.39, 0.29) is 18.4 Å². The predicted octanol–water partition coefficient (Wildman–Crippen LogP) is 3.35. The van der Waals surface area contributed by atoms with Crippen molar-refractivity contribution in [2.45, 2.75) is 24.9 Å². The molecule has 188 valence electrons. The molecular weight excluding hydrogens is 480 g/mol. The Labute approximate surface area is 219 Å². The van der Waals surface area contributed by atoms with E-state index >= 15 is 0 Å². The average Bonchev–Trinajstić information content (AvgIpc) is 2.97. The van der Waals surface area contributed by atoms with Crippen molar-refractivity contribution < 1.29 is 19.2 Å². The molecule has 5 rings (SSSR count). The van der Waals surface area contributed by atoms with Gasteiger partial charge in [0.25, 0.3) is 23.6 Å². The highest BCUT2D eigenvalue weighted by atomic mass is 16.2. The van der Waals surface area contributed by atoms with Crippen molar-refractivity contribution in [3.63, 3.8) is 0 Å². The topological polar surface area (TPSA) is 101 Å². The van der Waals surface area contributed by atoms with Crippen LogP contribution in [0.15, 0.2) is 110 Å². The third-order valence-corrected chi connectivity index (χ3v) is 6.52. The molecule has 1 saturated heterocycles. The number of imide groups is 3. The third kappa shape index (κ3) is 4.97. The Morgan fingerprint density at radius 3 is 1.39 bits per heavy atom. The van der Waals surface area contributed by atoms with E-state index < -0.39 is 35.7 Å². The van der Waals surface area contributed by atoms with Crippen LogP contribution in [0.3, 0.4) is 0 Å². The molecule has 1 aliphatic heterocycles. The van der Waals surface area contributed by atoms with Gasteiger partial charge in [-0.1, -0.05) is 60.7 Å². The van der Waals surface area contributed by atoms with Gasteiger partial charge in [0.1, 0.15) is 12.1 Å². The summed E-state index contributed by atoms with van der Waals surface area (Å²) in [7, 11) is 0. The fourth-order valence-electron chi connectivity index (χ4n) is 4.66. The molecule has 2 unspecified atom stereocenters. The van der Waals surface area contributed by atoms with Crippen molar-refractivity contribution in [2.24, 2.45) is 0 Å². The van der Waals surface area contributed by atoms with Crippen molar-refractivity contribution in [3.05, 3.63) is 132 Å². The Morgan fingerprint density at radius 2 is 0.974 bits per heavy atom. The lowest BCUT2D eigenvalue weighted by Gasteiger charge is -2.44. The first-order valence-corrected chi connectivity index (χ1v) is 12.2. The van der Waals surface area contributed by atoms with Crippen LogP contribution in [0.2, 0.25) is 0 Å². The van der Waals surface area contributed by atoms with Gasteiger partial charge in [0.15, 0.2) is 0 Å². The van der Waals surface area contributed by atoms with Crippen molar-refractivity contribution in [1.82, 2.24) is 19.8 Å². The number of carbonyl (C=O) groups is 4. The maximum Gasteiger partial charge on any atom is 0.267 e. The smallest absolute Gasteiger partial charge is 0.267 e. The maximum absolute atomic E-state index is 14.0. The Morgan fingerprint density at radius 1 is 0.579 bits per heavy atom. The molecule has 1 fully saturated rings. The molecule has 0 N–H and O–H groups in total. The summed E-state index contributed by atoms with van der Waals surface area (Å²) in [6, 6.07) is 22.3. The molecule has 0 radical (unpaired) electrons. The maximum atomic E-state index is 14.0. The van der Waals surface area contributed by atoms with E-state index in [1.54, 1.807) is 12.1 Å². The summed E-state index contributed by atoms with van der Waals surface area (Å²) in [4.78, 5) is 65.3. The van der Waals surface area contributed by atoms with Gasteiger partial charge >= 0.3 is 0 Å². The Balaban J connectivity index is 1.63. The Kier molecular flexibility index (Phi) is 7.13. The van der Waals surface area contributed by atoms with Crippen LogP contribution in [0, 0.1) is 0 Å². The molecule has 0 spiro atoms. The van der Waals surface area contributed by atoms with Crippen molar-refractivity contribution in [2.75, 3.05) is 0 Å². The lowest BCUT2D eigenvalue weighted by molar-refractivity contribution is -0.154. The van der Waals surface area contributed by atoms with E-state index in [0.717, 1.165) is 11.1 Å². The van der Waals surface area contributed by atoms with Crippen molar-refractivity contribution in [1.29, 1.82) is 0 Å². The standard InChI is InChI=1S/C30H24N4O4/c35-27(23-11-15-31-16-12-23)33-25(19-21-7-3-1-4-8-21)29(37)34(28(36)24-13-17-32-18-14-24)30(38)26(33)20-22-9-5-2-6-10-22/h1-18,25-26H,19-20H2. The van der Waals surface area contributed by atoms with E-state index in [2.05, 4.69) is 9.97 Å². The van der Waals surface area contributed by atoms with Gasteiger partial charge in [0.2, 0.25) is 0 Å². The normalized spacial score (nSPS) is 17.4. The fourth-order valence-corrected chi connectivity index (χ4v) is 4.66. The first-order chi connectivity index (χ1) is 18.5. The molecule has 4 amide bonds. The molecule has 0 saturated carbocycles. The molecule has 8 nitrogen and oxygen atoms in total. The fraction of sp³-hybridized carbons (Fsp3) is 0.133. The second-order valence-electron chi connectivity index (χ2n) is 8.91. The van der Waals surface area contributed by atoms with Crippen LogP contribution < -0.4 is 0 Å². The lowest BCUT2D eigenvalue weighted by Crippen LogP contribution is -2.68.